The van der Waals surface area contributed by atoms with Crippen LogP contribution in [0.5, 0.6) is 17.2 Å². The number of benzene rings is 2. The van der Waals surface area contributed by atoms with Crippen LogP contribution in [-0.4, -0.2) is 51.4 Å². The van der Waals surface area contributed by atoms with Crippen molar-refractivity contribution in [2.75, 3.05) is 51.4 Å². The first kappa shape index (κ1) is 16.1. The molecule has 4 rings (SSSR count). The summed E-state index contributed by atoms with van der Waals surface area (Å²) >= 11 is 0. The van der Waals surface area contributed by atoms with E-state index in [0.29, 0.717) is 13.2 Å². The Morgan fingerprint density at radius 2 is 1.72 bits per heavy atom. The zero-order valence-corrected chi connectivity index (χ0v) is 14.6. The van der Waals surface area contributed by atoms with E-state index in [1.165, 1.54) is 11.3 Å². The zero-order valence-electron chi connectivity index (χ0n) is 14.6. The van der Waals surface area contributed by atoms with Gasteiger partial charge in [-0.1, -0.05) is 12.1 Å². The SMILES string of the molecule is COc1cccc(N2CCN(Cc3ccc4c(c3)OCCO4)CC2)c1. The maximum Gasteiger partial charge on any atom is 0.161 e. The van der Waals surface area contributed by atoms with Gasteiger partial charge in [0.1, 0.15) is 19.0 Å². The van der Waals surface area contributed by atoms with Crippen LogP contribution in [0.1, 0.15) is 5.56 Å². The Hall–Kier alpha value is -2.40. The van der Waals surface area contributed by atoms with Crippen LogP contribution in [0.4, 0.5) is 5.69 Å². The van der Waals surface area contributed by atoms with Gasteiger partial charge >= 0.3 is 0 Å². The molecule has 1 fully saturated rings. The van der Waals surface area contributed by atoms with Gasteiger partial charge in [0, 0.05) is 44.5 Å². The fourth-order valence-electron chi connectivity index (χ4n) is 3.42. The fraction of sp³-hybridized carbons (Fsp3) is 0.400. The van der Waals surface area contributed by atoms with Crippen LogP contribution in [-0.2, 0) is 6.54 Å². The molecule has 0 spiro atoms. The monoisotopic (exact) mass is 340 g/mol. The summed E-state index contributed by atoms with van der Waals surface area (Å²) in [6, 6.07) is 14.6. The third-order valence-corrected chi connectivity index (χ3v) is 4.80. The Morgan fingerprint density at radius 3 is 2.52 bits per heavy atom. The van der Waals surface area contributed by atoms with E-state index in [1.807, 2.05) is 12.1 Å². The van der Waals surface area contributed by atoms with Crippen molar-refractivity contribution in [2.24, 2.45) is 0 Å². The number of anilines is 1. The van der Waals surface area contributed by atoms with Crippen LogP contribution >= 0.6 is 0 Å². The van der Waals surface area contributed by atoms with E-state index in [1.54, 1.807) is 7.11 Å². The van der Waals surface area contributed by atoms with E-state index in [4.69, 9.17) is 14.2 Å². The van der Waals surface area contributed by atoms with Gasteiger partial charge in [0.15, 0.2) is 11.5 Å². The third-order valence-electron chi connectivity index (χ3n) is 4.80. The van der Waals surface area contributed by atoms with Crippen molar-refractivity contribution in [1.82, 2.24) is 4.90 Å². The molecule has 2 aliphatic rings. The van der Waals surface area contributed by atoms with Crippen LogP contribution < -0.4 is 19.1 Å². The Kier molecular flexibility index (Phi) is 4.65. The van der Waals surface area contributed by atoms with Crippen molar-refractivity contribution in [3.63, 3.8) is 0 Å². The molecule has 0 N–H and O–H groups in total. The van der Waals surface area contributed by atoms with E-state index in [-0.39, 0.29) is 0 Å². The summed E-state index contributed by atoms with van der Waals surface area (Å²) in [4.78, 5) is 4.91. The lowest BCUT2D eigenvalue weighted by atomic mass is 10.1. The van der Waals surface area contributed by atoms with Gasteiger partial charge in [0.05, 0.1) is 7.11 Å². The molecule has 2 aromatic rings. The number of rotatable bonds is 4. The van der Waals surface area contributed by atoms with Crippen LogP contribution in [0.2, 0.25) is 0 Å². The standard InChI is InChI=1S/C20H24N2O3/c1-23-18-4-2-3-17(14-18)22-9-7-21(8-10-22)15-16-5-6-19-20(13-16)25-12-11-24-19/h2-6,13-14H,7-12,15H2,1H3. The second-order valence-electron chi connectivity index (χ2n) is 6.44. The minimum absolute atomic E-state index is 0.635. The summed E-state index contributed by atoms with van der Waals surface area (Å²) in [5, 5.41) is 0. The van der Waals surface area contributed by atoms with E-state index in [0.717, 1.165) is 50.0 Å². The molecule has 0 atom stereocenters. The Balaban J connectivity index is 1.36. The van der Waals surface area contributed by atoms with Gasteiger partial charge in [0.25, 0.3) is 0 Å². The highest BCUT2D eigenvalue weighted by Crippen LogP contribution is 2.31. The highest BCUT2D eigenvalue weighted by Gasteiger charge is 2.19. The summed E-state index contributed by atoms with van der Waals surface area (Å²) in [7, 11) is 1.71. The topological polar surface area (TPSA) is 34.2 Å². The summed E-state index contributed by atoms with van der Waals surface area (Å²) in [5.41, 5.74) is 2.51. The lowest BCUT2D eigenvalue weighted by Crippen LogP contribution is -2.45. The van der Waals surface area contributed by atoms with E-state index < -0.39 is 0 Å². The Morgan fingerprint density at radius 1 is 0.920 bits per heavy atom. The molecule has 0 aliphatic carbocycles. The average Bonchev–Trinajstić information content (AvgIpc) is 2.68. The molecule has 25 heavy (non-hydrogen) atoms. The second-order valence-corrected chi connectivity index (χ2v) is 6.44. The molecule has 0 bridgehead atoms. The number of ether oxygens (including phenoxy) is 3. The fourth-order valence-corrected chi connectivity index (χ4v) is 3.42. The van der Waals surface area contributed by atoms with Gasteiger partial charge in [-0.25, -0.2) is 0 Å². The molecule has 5 heteroatoms. The Labute approximate surface area is 148 Å². The molecule has 5 nitrogen and oxygen atoms in total. The van der Waals surface area contributed by atoms with Gasteiger partial charge in [-0.15, -0.1) is 0 Å². The molecule has 0 aromatic heterocycles. The lowest BCUT2D eigenvalue weighted by molar-refractivity contribution is 0.171. The number of piperazine rings is 1. The minimum atomic E-state index is 0.635. The molecule has 2 heterocycles. The molecule has 1 saturated heterocycles. The van der Waals surface area contributed by atoms with E-state index in [2.05, 4.69) is 40.1 Å². The molecule has 0 amide bonds. The van der Waals surface area contributed by atoms with Crippen LogP contribution in [0, 0.1) is 0 Å². The van der Waals surface area contributed by atoms with Gasteiger partial charge < -0.3 is 19.1 Å². The van der Waals surface area contributed by atoms with Crippen LogP contribution in [0.3, 0.4) is 0 Å². The zero-order chi connectivity index (χ0) is 17.1. The van der Waals surface area contributed by atoms with Gasteiger partial charge in [-0.2, -0.15) is 0 Å². The minimum Gasteiger partial charge on any atom is -0.497 e. The van der Waals surface area contributed by atoms with Crippen molar-refractivity contribution in [2.45, 2.75) is 6.54 Å². The third kappa shape index (κ3) is 3.66. The number of nitrogens with zero attached hydrogens (tertiary/aromatic N) is 2. The number of fused-ring (bicyclic) bond motifs is 1. The van der Waals surface area contributed by atoms with Crippen molar-refractivity contribution in [1.29, 1.82) is 0 Å². The first-order valence-corrected chi connectivity index (χ1v) is 8.82. The smallest absolute Gasteiger partial charge is 0.161 e. The highest BCUT2D eigenvalue weighted by molar-refractivity contribution is 5.51. The number of hydrogen-bond acceptors (Lipinski definition) is 5. The van der Waals surface area contributed by atoms with Crippen LogP contribution in [0.15, 0.2) is 42.5 Å². The van der Waals surface area contributed by atoms with Crippen LogP contribution in [0.25, 0.3) is 0 Å². The molecular weight excluding hydrogens is 316 g/mol. The predicted octanol–water partition coefficient (Wildman–Crippen LogP) is 2.79. The summed E-state index contributed by atoms with van der Waals surface area (Å²) in [6.07, 6.45) is 0. The molecular formula is C20H24N2O3. The summed E-state index contributed by atoms with van der Waals surface area (Å²) in [6.45, 7) is 6.36. The highest BCUT2D eigenvalue weighted by atomic mass is 16.6. The lowest BCUT2D eigenvalue weighted by Gasteiger charge is -2.36. The van der Waals surface area contributed by atoms with Crippen molar-refractivity contribution < 1.29 is 14.2 Å². The maximum atomic E-state index is 5.69. The first-order chi connectivity index (χ1) is 12.3. The molecule has 2 aromatic carbocycles. The molecule has 2 aliphatic heterocycles. The summed E-state index contributed by atoms with van der Waals surface area (Å²) in [5.74, 6) is 2.65. The van der Waals surface area contributed by atoms with Gasteiger partial charge in [0.2, 0.25) is 0 Å². The quantitative estimate of drug-likeness (QED) is 0.855. The molecule has 0 unspecified atom stereocenters. The number of methoxy groups -OCH3 is 1. The average molecular weight is 340 g/mol. The van der Waals surface area contributed by atoms with Crippen molar-refractivity contribution >= 4 is 5.69 Å². The van der Waals surface area contributed by atoms with Gasteiger partial charge in [-0.3, -0.25) is 4.90 Å². The first-order valence-electron chi connectivity index (χ1n) is 8.82. The number of hydrogen-bond donors (Lipinski definition) is 0. The van der Waals surface area contributed by atoms with E-state index in [9.17, 15) is 0 Å². The predicted molar refractivity (Wildman–Crippen MR) is 97.9 cm³/mol. The largest absolute Gasteiger partial charge is 0.497 e. The summed E-state index contributed by atoms with van der Waals surface area (Å²) < 4.78 is 16.6. The molecule has 132 valence electrons. The van der Waals surface area contributed by atoms with Crippen molar-refractivity contribution in [3.05, 3.63) is 48.0 Å². The normalized spacial score (nSPS) is 17.4. The van der Waals surface area contributed by atoms with Crippen molar-refractivity contribution in [3.8, 4) is 17.2 Å². The van der Waals surface area contributed by atoms with Gasteiger partial charge in [-0.05, 0) is 29.8 Å². The molecule has 0 radical (unpaired) electrons. The Bertz CT molecular complexity index is 727. The maximum absolute atomic E-state index is 5.69. The van der Waals surface area contributed by atoms with E-state index >= 15 is 0 Å². The molecule has 0 saturated carbocycles. The second kappa shape index (κ2) is 7.23.